The normalized spacial score (nSPS) is 15.5. The molecule has 2 aromatic carbocycles. The van der Waals surface area contributed by atoms with Gasteiger partial charge in [-0.2, -0.15) is 18.2 Å². The van der Waals surface area contributed by atoms with Crippen LogP contribution in [0.3, 0.4) is 0 Å². The Morgan fingerprint density at radius 3 is 2.43 bits per heavy atom. The summed E-state index contributed by atoms with van der Waals surface area (Å²) in [4.78, 5) is 9.06. The van der Waals surface area contributed by atoms with Crippen LogP contribution < -0.4 is 4.90 Å². The number of aromatic nitrogens is 2. The van der Waals surface area contributed by atoms with Gasteiger partial charge in [-0.25, -0.2) is 0 Å². The molecule has 5 nitrogen and oxygen atoms in total. The van der Waals surface area contributed by atoms with Gasteiger partial charge >= 0.3 is 6.18 Å². The largest absolute Gasteiger partial charge is 0.416 e. The fraction of sp³-hybridized carbons (Fsp3) is 0.364. The van der Waals surface area contributed by atoms with Gasteiger partial charge in [-0.05, 0) is 37.2 Å². The molecule has 1 aliphatic heterocycles. The molecular formula is C22H23F3N4O. The second kappa shape index (κ2) is 8.87. The third kappa shape index (κ3) is 4.99. The highest BCUT2D eigenvalue weighted by molar-refractivity contribution is 5.55. The Bertz CT molecular complexity index is 950. The van der Waals surface area contributed by atoms with Crippen LogP contribution in [-0.2, 0) is 12.6 Å². The number of halogens is 3. The van der Waals surface area contributed by atoms with Crippen LogP contribution in [0.5, 0.6) is 0 Å². The summed E-state index contributed by atoms with van der Waals surface area (Å²) in [6.07, 6.45) is -2.94. The number of para-hydroxylation sites is 1. The Kier molecular flexibility index (Phi) is 6.03. The maximum atomic E-state index is 12.9. The number of nitrogens with zero attached hydrogens (tertiary/aromatic N) is 4. The van der Waals surface area contributed by atoms with Crippen molar-refractivity contribution in [3.8, 4) is 11.4 Å². The Morgan fingerprint density at radius 1 is 0.933 bits per heavy atom. The molecule has 0 spiro atoms. The van der Waals surface area contributed by atoms with Crippen molar-refractivity contribution in [3.05, 3.63) is 66.1 Å². The lowest BCUT2D eigenvalue weighted by molar-refractivity contribution is -0.137. The Labute approximate surface area is 173 Å². The summed E-state index contributed by atoms with van der Waals surface area (Å²) >= 11 is 0. The van der Waals surface area contributed by atoms with Gasteiger partial charge in [0.25, 0.3) is 0 Å². The van der Waals surface area contributed by atoms with Crippen molar-refractivity contribution in [2.45, 2.75) is 19.0 Å². The van der Waals surface area contributed by atoms with E-state index < -0.39 is 11.7 Å². The zero-order chi connectivity index (χ0) is 21.0. The van der Waals surface area contributed by atoms with E-state index in [1.807, 2.05) is 6.07 Å². The van der Waals surface area contributed by atoms with E-state index in [-0.39, 0.29) is 5.82 Å². The van der Waals surface area contributed by atoms with Crippen molar-refractivity contribution in [2.75, 3.05) is 37.6 Å². The van der Waals surface area contributed by atoms with E-state index in [0.29, 0.717) is 17.9 Å². The SMILES string of the molecule is FC(F)(F)c1cccc(-c2noc(CCCN3CCN(c4ccccc4)CC3)n2)c1. The summed E-state index contributed by atoms with van der Waals surface area (Å²) in [7, 11) is 0. The molecule has 3 aromatic rings. The molecule has 0 bridgehead atoms. The van der Waals surface area contributed by atoms with Gasteiger partial charge < -0.3 is 9.42 Å². The van der Waals surface area contributed by atoms with Gasteiger partial charge in [-0.1, -0.05) is 35.5 Å². The number of benzene rings is 2. The summed E-state index contributed by atoms with van der Waals surface area (Å²) < 4.78 is 43.9. The summed E-state index contributed by atoms with van der Waals surface area (Å²) in [5, 5.41) is 3.84. The molecular weight excluding hydrogens is 393 g/mol. The molecule has 1 aromatic heterocycles. The van der Waals surface area contributed by atoms with Crippen LogP contribution in [0, 0.1) is 0 Å². The highest BCUT2D eigenvalue weighted by Crippen LogP contribution is 2.31. The number of anilines is 1. The molecule has 0 radical (unpaired) electrons. The third-order valence-corrected chi connectivity index (χ3v) is 5.27. The van der Waals surface area contributed by atoms with Crippen molar-refractivity contribution in [2.24, 2.45) is 0 Å². The number of hydrogen-bond acceptors (Lipinski definition) is 5. The minimum atomic E-state index is -4.40. The quantitative estimate of drug-likeness (QED) is 0.592. The van der Waals surface area contributed by atoms with Crippen molar-refractivity contribution in [1.29, 1.82) is 0 Å². The lowest BCUT2D eigenvalue weighted by atomic mass is 10.1. The van der Waals surface area contributed by atoms with Crippen LogP contribution in [0.2, 0.25) is 0 Å². The van der Waals surface area contributed by atoms with Crippen LogP contribution in [0.4, 0.5) is 18.9 Å². The van der Waals surface area contributed by atoms with Gasteiger partial charge in [-0.3, -0.25) is 4.90 Å². The lowest BCUT2D eigenvalue weighted by Crippen LogP contribution is -2.46. The summed E-state index contributed by atoms with van der Waals surface area (Å²) in [5.74, 6) is 0.637. The van der Waals surface area contributed by atoms with Gasteiger partial charge in [-0.15, -0.1) is 0 Å². The summed E-state index contributed by atoms with van der Waals surface area (Å²) in [6, 6.07) is 15.4. The predicted molar refractivity (Wildman–Crippen MR) is 108 cm³/mol. The Hall–Kier alpha value is -2.87. The fourth-order valence-corrected chi connectivity index (χ4v) is 3.63. The highest BCUT2D eigenvalue weighted by Gasteiger charge is 2.30. The molecule has 8 heteroatoms. The predicted octanol–water partition coefficient (Wildman–Crippen LogP) is 4.51. The number of piperazine rings is 1. The second-order valence-electron chi connectivity index (χ2n) is 7.36. The zero-order valence-corrected chi connectivity index (χ0v) is 16.5. The molecule has 2 heterocycles. The first kappa shape index (κ1) is 20.4. The van der Waals surface area contributed by atoms with Crippen LogP contribution in [0.15, 0.2) is 59.1 Å². The number of rotatable bonds is 6. The molecule has 0 aliphatic carbocycles. The highest BCUT2D eigenvalue weighted by atomic mass is 19.4. The van der Waals surface area contributed by atoms with Gasteiger partial charge in [0.1, 0.15) is 0 Å². The first-order valence-electron chi connectivity index (χ1n) is 10.0. The molecule has 0 N–H and O–H groups in total. The van der Waals surface area contributed by atoms with E-state index in [1.165, 1.54) is 11.8 Å². The van der Waals surface area contributed by atoms with Crippen LogP contribution in [0.25, 0.3) is 11.4 Å². The molecule has 0 unspecified atom stereocenters. The molecule has 30 heavy (non-hydrogen) atoms. The molecule has 1 fully saturated rings. The second-order valence-corrected chi connectivity index (χ2v) is 7.36. The molecule has 4 rings (SSSR count). The van der Waals surface area contributed by atoms with Crippen LogP contribution in [-0.4, -0.2) is 47.8 Å². The Morgan fingerprint density at radius 2 is 1.70 bits per heavy atom. The van der Waals surface area contributed by atoms with E-state index in [9.17, 15) is 13.2 Å². The maximum absolute atomic E-state index is 12.9. The van der Waals surface area contributed by atoms with Crippen molar-refractivity contribution in [1.82, 2.24) is 15.0 Å². The maximum Gasteiger partial charge on any atom is 0.416 e. The molecule has 1 aliphatic rings. The number of hydrogen-bond donors (Lipinski definition) is 0. The first-order chi connectivity index (χ1) is 14.5. The Balaban J connectivity index is 1.26. The molecule has 0 atom stereocenters. The molecule has 158 valence electrons. The number of alkyl halides is 3. The smallest absolute Gasteiger partial charge is 0.369 e. The molecule has 0 amide bonds. The monoisotopic (exact) mass is 416 g/mol. The minimum Gasteiger partial charge on any atom is -0.369 e. The average molecular weight is 416 g/mol. The van der Waals surface area contributed by atoms with Crippen LogP contribution in [0.1, 0.15) is 17.9 Å². The standard InChI is InChI=1S/C22H23F3N4O/c23-22(24,25)18-7-4-6-17(16-18)21-26-20(30-27-21)10-5-11-28-12-14-29(15-13-28)19-8-2-1-3-9-19/h1-4,6-9,16H,5,10-15H2. The summed E-state index contributed by atoms with van der Waals surface area (Å²) in [5.41, 5.74) is 0.836. The number of aryl methyl sites for hydroxylation is 1. The van der Waals surface area contributed by atoms with Gasteiger partial charge in [0, 0.05) is 43.9 Å². The first-order valence-corrected chi connectivity index (χ1v) is 10.0. The van der Waals surface area contributed by atoms with Gasteiger partial charge in [0.2, 0.25) is 11.7 Å². The van der Waals surface area contributed by atoms with Gasteiger partial charge in [0.05, 0.1) is 5.56 Å². The van der Waals surface area contributed by atoms with Crippen LogP contribution >= 0.6 is 0 Å². The molecule has 1 saturated heterocycles. The topological polar surface area (TPSA) is 45.4 Å². The third-order valence-electron chi connectivity index (χ3n) is 5.27. The van der Waals surface area contributed by atoms with Crippen molar-refractivity contribution < 1.29 is 17.7 Å². The van der Waals surface area contributed by atoms with Crippen molar-refractivity contribution in [3.63, 3.8) is 0 Å². The minimum absolute atomic E-state index is 0.188. The van der Waals surface area contributed by atoms with Crippen molar-refractivity contribution >= 4 is 5.69 Å². The van der Waals surface area contributed by atoms with E-state index in [2.05, 4.69) is 44.2 Å². The average Bonchev–Trinajstić information content (AvgIpc) is 3.23. The zero-order valence-electron chi connectivity index (χ0n) is 16.5. The van der Waals surface area contributed by atoms with E-state index >= 15 is 0 Å². The van der Waals surface area contributed by atoms with E-state index in [0.717, 1.165) is 51.3 Å². The fourth-order valence-electron chi connectivity index (χ4n) is 3.63. The van der Waals surface area contributed by atoms with E-state index in [4.69, 9.17) is 4.52 Å². The molecule has 0 saturated carbocycles. The lowest BCUT2D eigenvalue weighted by Gasteiger charge is -2.36. The summed E-state index contributed by atoms with van der Waals surface area (Å²) in [6.45, 7) is 4.89. The van der Waals surface area contributed by atoms with E-state index in [1.54, 1.807) is 6.07 Å². The van der Waals surface area contributed by atoms with Gasteiger partial charge in [0.15, 0.2) is 0 Å².